The highest BCUT2D eigenvalue weighted by Crippen LogP contribution is 2.32. The average molecular weight is 317 g/mol. The summed E-state index contributed by atoms with van der Waals surface area (Å²) in [4.78, 5) is 22.4. The van der Waals surface area contributed by atoms with E-state index in [1.807, 2.05) is 13.8 Å². The van der Waals surface area contributed by atoms with Gasteiger partial charge in [0.2, 0.25) is 0 Å². The summed E-state index contributed by atoms with van der Waals surface area (Å²) in [6, 6.07) is 2.26. The van der Waals surface area contributed by atoms with E-state index in [1.165, 1.54) is 17.0 Å². The number of hydrogen-bond acceptors (Lipinski definition) is 4. The first-order valence-corrected chi connectivity index (χ1v) is 6.38. The Kier molecular flexibility index (Phi) is 3.82. The van der Waals surface area contributed by atoms with Gasteiger partial charge >= 0.3 is 5.69 Å². The van der Waals surface area contributed by atoms with Crippen LogP contribution in [0, 0.1) is 10.1 Å². The zero-order chi connectivity index (χ0) is 15.0. The van der Waals surface area contributed by atoms with Gasteiger partial charge in [-0.25, -0.2) is 4.79 Å². The van der Waals surface area contributed by atoms with Gasteiger partial charge in [0, 0.05) is 12.1 Å². The highest BCUT2D eigenvalue weighted by Gasteiger charge is 2.19. The lowest BCUT2D eigenvalue weighted by atomic mass is 10.3. The number of aromatic nitrogens is 3. The van der Waals surface area contributed by atoms with Crippen LogP contribution in [-0.2, 0) is 0 Å². The molecule has 1 heterocycles. The molecule has 0 aliphatic heterocycles. The van der Waals surface area contributed by atoms with Crippen molar-refractivity contribution in [3.63, 3.8) is 0 Å². The third-order valence-corrected chi connectivity index (χ3v) is 3.30. The fraction of sp³-hybridized carbons (Fsp3) is 0.273. The van der Waals surface area contributed by atoms with E-state index in [0.717, 1.165) is 10.7 Å². The van der Waals surface area contributed by atoms with Crippen LogP contribution in [0.1, 0.15) is 19.9 Å². The second-order valence-corrected chi connectivity index (χ2v) is 5.15. The third kappa shape index (κ3) is 2.41. The molecule has 20 heavy (non-hydrogen) atoms. The van der Waals surface area contributed by atoms with E-state index in [-0.39, 0.29) is 27.5 Å². The van der Waals surface area contributed by atoms with Gasteiger partial charge in [0.1, 0.15) is 11.3 Å². The van der Waals surface area contributed by atoms with Crippen LogP contribution >= 0.6 is 23.2 Å². The second-order valence-electron chi connectivity index (χ2n) is 4.34. The van der Waals surface area contributed by atoms with E-state index in [4.69, 9.17) is 23.2 Å². The van der Waals surface area contributed by atoms with Gasteiger partial charge in [0.05, 0.1) is 15.6 Å². The number of hydrogen-bond donors (Lipinski definition) is 0. The predicted octanol–water partition coefficient (Wildman–Crippen LogP) is 2.83. The molecule has 9 heteroatoms. The topological polar surface area (TPSA) is 83.0 Å². The molecular weight excluding hydrogens is 307 g/mol. The van der Waals surface area contributed by atoms with Gasteiger partial charge < -0.3 is 0 Å². The number of rotatable bonds is 3. The maximum atomic E-state index is 12.1. The molecule has 0 aliphatic rings. The fourth-order valence-electron chi connectivity index (χ4n) is 1.66. The highest BCUT2D eigenvalue weighted by molar-refractivity contribution is 6.37. The first kappa shape index (κ1) is 14.5. The SMILES string of the molecule is CC(C)n1cnn(-c2cc([N+](=O)[O-])c(Cl)cc2Cl)c1=O. The lowest BCUT2D eigenvalue weighted by Crippen LogP contribution is -2.25. The number of nitro groups is 1. The van der Waals surface area contributed by atoms with E-state index in [9.17, 15) is 14.9 Å². The molecule has 2 aromatic rings. The van der Waals surface area contributed by atoms with E-state index < -0.39 is 10.6 Å². The van der Waals surface area contributed by atoms with Gasteiger partial charge in [-0.15, -0.1) is 0 Å². The van der Waals surface area contributed by atoms with Crippen LogP contribution in [0.2, 0.25) is 10.0 Å². The van der Waals surface area contributed by atoms with Crippen LogP contribution < -0.4 is 5.69 Å². The largest absolute Gasteiger partial charge is 0.350 e. The normalized spacial score (nSPS) is 11.1. The lowest BCUT2D eigenvalue weighted by molar-refractivity contribution is -0.384. The smallest absolute Gasteiger partial charge is 0.279 e. The Labute approximate surface area is 123 Å². The van der Waals surface area contributed by atoms with Crippen molar-refractivity contribution in [3.05, 3.63) is 49.1 Å². The zero-order valence-corrected chi connectivity index (χ0v) is 12.1. The molecule has 0 saturated heterocycles. The summed E-state index contributed by atoms with van der Waals surface area (Å²) in [5.74, 6) is 0. The van der Waals surface area contributed by atoms with Crippen molar-refractivity contribution >= 4 is 28.9 Å². The number of benzene rings is 1. The summed E-state index contributed by atoms with van der Waals surface area (Å²) < 4.78 is 2.39. The minimum Gasteiger partial charge on any atom is -0.279 e. The summed E-state index contributed by atoms with van der Waals surface area (Å²) >= 11 is 11.7. The van der Waals surface area contributed by atoms with Gasteiger partial charge in [-0.05, 0) is 19.9 Å². The molecule has 1 aromatic heterocycles. The van der Waals surface area contributed by atoms with Crippen LogP contribution in [0.3, 0.4) is 0 Å². The molecule has 2 rings (SSSR count). The molecule has 7 nitrogen and oxygen atoms in total. The molecule has 0 radical (unpaired) electrons. The van der Waals surface area contributed by atoms with E-state index in [1.54, 1.807) is 0 Å². The van der Waals surface area contributed by atoms with Crippen LogP contribution in [0.5, 0.6) is 0 Å². The molecule has 0 aliphatic carbocycles. The van der Waals surface area contributed by atoms with E-state index >= 15 is 0 Å². The average Bonchev–Trinajstić information content (AvgIpc) is 2.71. The van der Waals surface area contributed by atoms with Crippen LogP contribution in [-0.4, -0.2) is 19.3 Å². The Morgan fingerprint density at radius 1 is 1.30 bits per heavy atom. The van der Waals surface area contributed by atoms with Crippen molar-refractivity contribution in [2.45, 2.75) is 19.9 Å². The lowest BCUT2D eigenvalue weighted by Gasteiger charge is -2.05. The quantitative estimate of drug-likeness (QED) is 0.644. The van der Waals surface area contributed by atoms with Crippen molar-refractivity contribution in [1.82, 2.24) is 14.3 Å². The van der Waals surface area contributed by atoms with Crippen molar-refractivity contribution in [2.24, 2.45) is 0 Å². The molecule has 0 spiro atoms. The van der Waals surface area contributed by atoms with Gasteiger partial charge in [-0.3, -0.25) is 14.7 Å². The molecule has 1 aromatic carbocycles. The Morgan fingerprint density at radius 2 is 1.95 bits per heavy atom. The number of nitro benzene ring substituents is 1. The summed E-state index contributed by atoms with van der Waals surface area (Å²) in [5, 5.41) is 14.8. The molecule has 0 amide bonds. The highest BCUT2D eigenvalue weighted by atomic mass is 35.5. The minimum absolute atomic E-state index is 0.0858. The first-order chi connectivity index (χ1) is 9.32. The molecule has 0 saturated carbocycles. The predicted molar refractivity (Wildman–Crippen MR) is 74.9 cm³/mol. The molecule has 0 N–H and O–H groups in total. The fourth-order valence-corrected chi connectivity index (χ4v) is 2.20. The summed E-state index contributed by atoms with van der Waals surface area (Å²) in [5.41, 5.74) is -0.650. The van der Waals surface area contributed by atoms with E-state index in [2.05, 4.69) is 5.10 Å². The molecule has 0 bridgehead atoms. The molecule has 0 atom stereocenters. The van der Waals surface area contributed by atoms with Gasteiger partial charge in [0.25, 0.3) is 5.69 Å². The maximum absolute atomic E-state index is 12.1. The Bertz CT molecular complexity index is 736. The van der Waals surface area contributed by atoms with Crippen LogP contribution in [0.15, 0.2) is 23.3 Å². The standard InChI is InChI=1S/C11H10Cl2N4O3/c1-6(2)15-5-14-16(11(15)18)9-4-10(17(19)20)8(13)3-7(9)12/h3-6H,1-2H3. The van der Waals surface area contributed by atoms with Gasteiger partial charge in [-0.2, -0.15) is 9.78 Å². The van der Waals surface area contributed by atoms with Crippen LogP contribution in [0.25, 0.3) is 5.69 Å². The van der Waals surface area contributed by atoms with Gasteiger partial charge in [0.15, 0.2) is 0 Å². The number of halogens is 2. The maximum Gasteiger partial charge on any atom is 0.350 e. The molecule has 0 unspecified atom stereocenters. The van der Waals surface area contributed by atoms with Crippen LogP contribution in [0.4, 0.5) is 5.69 Å². The molecule has 106 valence electrons. The Hall–Kier alpha value is -1.86. The molecule has 0 fully saturated rings. The van der Waals surface area contributed by atoms with Crippen molar-refractivity contribution in [3.8, 4) is 5.69 Å². The zero-order valence-electron chi connectivity index (χ0n) is 10.6. The van der Waals surface area contributed by atoms with Gasteiger partial charge in [-0.1, -0.05) is 23.2 Å². The monoisotopic (exact) mass is 316 g/mol. The minimum atomic E-state index is -0.646. The van der Waals surface area contributed by atoms with E-state index in [0.29, 0.717) is 0 Å². The Morgan fingerprint density at radius 3 is 2.45 bits per heavy atom. The van der Waals surface area contributed by atoms with Crippen molar-refractivity contribution in [2.75, 3.05) is 0 Å². The molecular formula is C11H10Cl2N4O3. The summed E-state index contributed by atoms with van der Waals surface area (Å²) in [6.45, 7) is 3.64. The second kappa shape index (κ2) is 5.26. The number of nitrogens with zero attached hydrogens (tertiary/aromatic N) is 4. The Balaban J connectivity index is 2.67. The van der Waals surface area contributed by atoms with Crippen molar-refractivity contribution < 1.29 is 4.92 Å². The summed E-state index contributed by atoms with van der Waals surface area (Å²) in [7, 11) is 0. The first-order valence-electron chi connectivity index (χ1n) is 5.63. The van der Waals surface area contributed by atoms with Crippen molar-refractivity contribution in [1.29, 1.82) is 0 Å². The third-order valence-electron chi connectivity index (χ3n) is 2.69. The summed E-state index contributed by atoms with van der Waals surface area (Å²) in [6.07, 6.45) is 1.35.